The molecule has 32 heavy (non-hydrogen) atoms. The van der Waals surface area contributed by atoms with Crippen LogP contribution in [0.25, 0.3) is 5.57 Å². The van der Waals surface area contributed by atoms with Gasteiger partial charge in [0.25, 0.3) is 11.8 Å². The van der Waals surface area contributed by atoms with Crippen molar-refractivity contribution in [1.82, 2.24) is 0 Å². The monoisotopic (exact) mass is 432 g/mol. The Hall–Kier alpha value is -3.80. The van der Waals surface area contributed by atoms with E-state index in [1.54, 1.807) is 6.07 Å². The Kier molecular flexibility index (Phi) is 5.38. The van der Waals surface area contributed by atoms with E-state index in [4.69, 9.17) is 0 Å². The number of amides is 2. The average molecular weight is 432 g/mol. The molecule has 0 aliphatic carbocycles. The fourth-order valence-electron chi connectivity index (χ4n) is 3.77. The van der Waals surface area contributed by atoms with Crippen molar-refractivity contribution in [2.24, 2.45) is 0 Å². The van der Waals surface area contributed by atoms with Gasteiger partial charge in [-0.25, -0.2) is 13.7 Å². The standard InChI is InChI=1S/C26H22F2N2O2/c1-14-5-10-21(17(4)11-14)29-24-23(18-7-6-15(2)16(3)12-18)25(31)30(26(24)32)22-13-19(27)8-9-20(22)28/h5-13,29H,1-4H3. The molecule has 1 aliphatic heterocycles. The molecule has 3 aromatic rings. The molecular weight excluding hydrogens is 410 g/mol. The Morgan fingerprint density at radius 1 is 0.750 bits per heavy atom. The molecule has 0 radical (unpaired) electrons. The van der Waals surface area contributed by atoms with Crippen molar-refractivity contribution in [3.63, 3.8) is 0 Å². The summed E-state index contributed by atoms with van der Waals surface area (Å²) in [4.78, 5) is 27.5. The second-order valence-corrected chi connectivity index (χ2v) is 8.03. The van der Waals surface area contributed by atoms with Crippen LogP contribution in [0.1, 0.15) is 27.8 Å². The minimum Gasteiger partial charge on any atom is -0.350 e. The fraction of sp³-hybridized carbons (Fsp3) is 0.154. The highest BCUT2D eigenvalue weighted by Crippen LogP contribution is 2.36. The molecule has 0 spiro atoms. The second kappa shape index (κ2) is 8.04. The van der Waals surface area contributed by atoms with Gasteiger partial charge in [0.2, 0.25) is 0 Å². The predicted molar refractivity (Wildman–Crippen MR) is 121 cm³/mol. The first-order chi connectivity index (χ1) is 15.2. The number of nitrogens with one attached hydrogen (secondary N) is 1. The lowest BCUT2D eigenvalue weighted by Crippen LogP contribution is -2.33. The van der Waals surface area contributed by atoms with Crippen LogP contribution in [0.2, 0.25) is 0 Å². The van der Waals surface area contributed by atoms with Gasteiger partial charge in [-0.2, -0.15) is 0 Å². The van der Waals surface area contributed by atoms with Crippen LogP contribution in [0, 0.1) is 39.3 Å². The van der Waals surface area contributed by atoms with E-state index in [0.717, 1.165) is 40.5 Å². The lowest BCUT2D eigenvalue weighted by molar-refractivity contribution is -0.120. The molecule has 6 heteroatoms. The van der Waals surface area contributed by atoms with Crippen LogP contribution in [-0.2, 0) is 9.59 Å². The quantitative estimate of drug-likeness (QED) is 0.547. The molecule has 4 nitrogen and oxygen atoms in total. The molecule has 1 aliphatic rings. The van der Waals surface area contributed by atoms with Crippen LogP contribution in [-0.4, -0.2) is 11.8 Å². The molecule has 3 aromatic carbocycles. The number of benzene rings is 3. The zero-order valence-corrected chi connectivity index (χ0v) is 18.2. The minimum atomic E-state index is -0.861. The van der Waals surface area contributed by atoms with Gasteiger partial charge in [0, 0.05) is 11.8 Å². The number of carbonyl (C=O) groups excluding carboxylic acids is 2. The van der Waals surface area contributed by atoms with E-state index in [-0.39, 0.29) is 11.3 Å². The van der Waals surface area contributed by atoms with Crippen LogP contribution in [0.3, 0.4) is 0 Å². The van der Waals surface area contributed by atoms with E-state index < -0.39 is 29.1 Å². The second-order valence-electron chi connectivity index (χ2n) is 8.03. The zero-order chi connectivity index (χ0) is 23.2. The van der Waals surface area contributed by atoms with Crippen molar-refractivity contribution in [3.8, 4) is 0 Å². The third-order valence-corrected chi connectivity index (χ3v) is 5.67. The summed E-state index contributed by atoms with van der Waals surface area (Å²) < 4.78 is 28.4. The Labute approximate surface area is 185 Å². The maximum Gasteiger partial charge on any atom is 0.282 e. The van der Waals surface area contributed by atoms with Gasteiger partial charge in [0.15, 0.2) is 0 Å². The summed E-state index contributed by atoms with van der Waals surface area (Å²) in [6.45, 7) is 7.69. The topological polar surface area (TPSA) is 49.4 Å². The first kappa shape index (κ1) is 21.4. The molecule has 0 saturated carbocycles. The summed E-state index contributed by atoms with van der Waals surface area (Å²) in [6.07, 6.45) is 0. The Bertz CT molecular complexity index is 1310. The molecular formula is C26H22F2N2O2. The highest BCUT2D eigenvalue weighted by Gasteiger charge is 2.41. The Balaban J connectivity index is 1.89. The number of nitrogens with zero attached hydrogens (tertiary/aromatic N) is 1. The van der Waals surface area contributed by atoms with Crippen LogP contribution >= 0.6 is 0 Å². The van der Waals surface area contributed by atoms with Crippen molar-refractivity contribution in [3.05, 3.63) is 99.7 Å². The zero-order valence-electron chi connectivity index (χ0n) is 18.2. The molecule has 0 fully saturated rings. The molecule has 0 unspecified atom stereocenters. The van der Waals surface area contributed by atoms with Crippen LogP contribution in [0.5, 0.6) is 0 Å². The first-order valence-electron chi connectivity index (χ1n) is 10.2. The van der Waals surface area contributed by atoms with Crippen molar-refractivity contribution in [2.75, 3.05) is 10.2 Å². The van der Waals surface area contributed by atoms with E-state index in [2.05, 4.69) is 5.32 Å². The summed E-state index contributed by atoms with van der Waals surface area (Å²) in [5.41, 5.74) is 4.79. The summed E-state index contributed by atoms with van der Waals surface area (Å²) >= 11 is 0. The third kappa shape index (κ3) is 3.68. The van der Waals surface area contributed by atoms with Gasteiger partial charge in [-0.15, -0.1) is 0 Å². The summed E-state index contributed by atoms with van der Waals surface area (Å²) in [7, 11) is 0. The normalized spacial score (nSPS) is 13.9. The SMILES string of the molecule is Cc1ccc(NC2=C(c3ccc(C)c(C)c3)C(=O)N(c3cc(F)ccc3F)C2=O)c(C)c1. The average Bonchev–Trinajstić information content (AvgIpc) is 2.98. The van der Waals surface area contributed by atoms with Crippen LogP contribution in [0.15, 0.2) is 60.3 Å². The van der Waals surface area contributed by atoms with Gasteiger partial charge in [-0.05, 0) is 68.1 Å². The minimum absolute atomic E-state index is 0.0221. The van der Waals surface area contributed by atoms with E-state index in [0.29, 0.717) is 16.2 Å². The van der Waals surface area contributed by atoms with Gasteiger partial charge < -0.3 is 5.32 Å². The first-order valence-corrected chi connectivity index (χ1v) is 10.2. The third-order valence-electron chi connectivity index (χ3n) is 5.67. The Morgan fingerprint density at radius 3 is 2.19 bits per heavy atom. The number of hydrogen-bond donors (Lipinski definition) is 1. The predicted octanol–water partition coefficient (Wildman–Crippen LogP) is 5.60. The highest BCUT2D eigenvalue weighted by molar-refractivity contribution is 6.46. The van der Waals surface area contributed by atoms with E-state index >= 15 is 0 Å². The van der Waals surface area contributed by atoms with E-state index in [9.17, 15) is 18.4 Å². The summed E-state index contributed by atoms with van der Waals surface area (Å²) in [5.74, 6) is -3.06. The molecule has 2 amide bonds. The lowest BCUT2D eigenvalue weighted by Gasteiger charge is -2.16. The van der Waals surface area contributed by atoms with E-state index in [1.807, 2.05) is 58.0 Å². The molecule has 162 valence electrons. The molecule has 0 saturated heterocycles. The molecule has 1 heterocycles. The lowest BCUT2D eigenvalue weighted by atomic mass is 9.99. The summed E-state index contributed by atoms with van der Waals surface area (Å²) in [5, 5.41) is 3.08. The van der Waals surface area contributed by atoms with Crippen molar-refractivity contribution >= 4 is 28.8 Å². The number of imide groups is 1. The number of halogens is 2. The van der Waals surface area contributed by atoms with Gasteiger partial charge in [0.1, 0.15) is 17.3 Å². The largest absolute Gasteiger partial charge is 0.350 e. The van der Waals surface area contributed by atoms with Gasteiger partial charge in [-0.1, -0.05) is 35.9 Å². The Morgan fingerprint density at radius 2 is 1.50 bits per heavy atom. The van der Waals surface area contributed by atoms with Gasteiger partial charge >= 0.3 is 0 Å². The molecule has 4 rings (SSSR count). The number of carbonyl (C=O) groups is 2. The number of hydrogen-bond acceptors (Lipinski definition) is 3. The highest BCUT2D eigenvalue weighted by atomic mass is 19.1. The van der Waals surface area contributed by atoms with Gasteiger partial charge in [0.05, 0.1) is 11.3 Å². The van der Waals surface area contributed by atoms with Crippen LogP contribution in [0.4, 0.5) is 20.2 Å². The smallest absolute Gasteiger partial charge is 0.282 e. The number of anilines is 2. The number of rotatable bonds is 4. The van der Waals surface area contributed by atoms with Crippen molar-refractivity contribution in [2.45, 2.75) is 27.7 Å². The summed E-state index contributed by atoms with van der Waals surface area (Å²) in [6, 6.07) is 13.8. The van der Waals surface area contributed by atoms with Crippen LogP contribution < -0.4 is 10.2 Å². The van der Waals surface area contributed by atoms with Gasteiger partial charge in [-0.3, -0.25) is 9.59 Å². The number of aryl methyl sites for hydroxylation is 4. The van der Waals surface area contributed by atoms with Crippen molar-refractivity contribution < 1.29 is 18.4 Å². The maximum absolute atomic E-state index is 14.5. The molecule has 0 aromatic heterocycles. The molecule has 0 atom stereocenters. The molecule has 1 N–H and O–H groups in total. The fourth-order valence-corrected chi connectivity index (χ4v) is 3.77. The molecule has 0 bridgehead atoms. The van der Waals surface area contributed by atoms with Crippen molar-refractivity contribution in [1.29, 1.82) is 0 Å². The van der Waals surface area contributed by atoms with E-state index in [1.165, 1.54) is 0 Å². The maximum atomic E-state index is 14.5.